The van der Waals surface area contributed by atoms with Crippen LogP contribution in [0.4, 0.5) is 0 Å². The third-order valence-corrected chi connectivity index (χ3v) is 5.34. The van der Waals surface area contributed by atoms with Crippen molar-refractivity contribution in [3.05, 3.63) is 0 Å². The average Bonchev–Trinajstić information content (AvgIpc) is 2.61. The normalized spacial score (nSPS) is 25.6. The van der Waals surface area contributed by atoms with Gasteiger partial charge in [0.2, 0.25) is 10.0 Å². The largest absolute Gasteiger partial charge is 0.229 e. The van der Waals surface area contributed by atoms with Gasteiger partial charge in [0, 0.05) is 12.3 Å². The standard InChI is InChI=1S/C9H16N2O4S2/c1-16(12,13)5-6-17(14,15)11-9-4-2-3-8(9)7-10/h8-9,11H,2-6H2,1H3. The molecule has 1 saturated carbocycles. The Morgan fingerprint density at radius 3 is 2.41 bits per heavy atom. The summed E-state index contributed by atoms with van der Waals surface area (Å²) in [7, 11) is -6.92. The summed E-state index contributed by atoms with van der Waals surface area (Å²) in [4.78, 5) is 0. The summed E-state index contributed by atoms with van der Waals surface area (Å²) in [6.07, 6.45) is 3.14. The zero-order chi connectivity index (χ0) is 13.1. The highest BCUT2D eigenvalue weighted by atomic mass is 32.2. The number of nitrogens with zero attached hydrogens (tertiary/aromatic N) is 1. The molecule has 0 aromatic carbocycles. The Hall–Kier alpha value is -0.650. The van der Waals surface area contributed by atoms with Crippen LogP contribution in [0.3, 0.4) is 0 Å². The van der Waals surface area contributed by atoms with Crippen molar-refractivity contribution in [1.29, 1.82) is 5.26 Å². The van der Waals surface area contributed by atoms with E-state index in [1.165, 1.54) is 0 Å². The van der Waals surface area contributed by atoms with Crippen LogP contribution in [0.2, 0.25) is 0 Å². The topological polar surface area (TPSA) is 104 Å². The van der Waals surface area contributed by atoms with Crippen LogP contribution in [0.5, 0.6) is 0 Å². The van der Waals surface area contributed by atoms with Crippen LogP contribution < -0.4 is 4.72 Å². The second kappa shape index (κ2) is 5.33. The summed E-state index contributed by atoms with van der Waals surface area (Å²) >= 11 is 0. The molecule has 0 aromatic heterocycles. The molecule has 6 nitrogen and oxygen atoms in total. The Labute approximate surface area is 102 Å². The van der Waals surface area contributed by atoms with Crippen LogP contribution in [0.25, 0.3) is 0 Å². The summed E-state index contributed by atoms with van der Waals surface area (Å²) in [6.45, 7) is 0. The lowest BCUT2D eigenvalue weighted by Crippen LogP contribution is -2.39. The van der Waals surface area contributed by atoms with Gasteiger partial charge in [0.1, 0.15) is 9.84 Å². The zero-order valence-electron chi connectivity index (χ0n) is 9.59. The van der Waals surface area contributed by atoms with E-state index in [2.05, 4.69) is 10.8 Å². The van der Waals surface area contributed by atoms with Gasteiger partial charge in [-0.2, -0.15) is 5.26 Å². The Morgan fingerprint density at radius 1 is 1.24 bits per heavy atom. The molecular weight excluding hydrogens is 264 g/mol. The smallest absolute Gasteiger partial charge is 0.212 e. The van der Waals surface area contributed by atoms with Crippen LogP contribution >= 0.6 is 0 Å². The highest BCUT2D eigenvalue weighted by Gasteiger charge is 2.30. The van der Waals surface area contributed by atoms with E-state index in [0.717, 1.165) is 12.7 Å². The van der Waals surface area contributed by atoms with Crippen molar-refractivity contribution in [2.24, 2.45) is 5.92 Å². The van der Waals surface area contributed by atoms with Crippen LogP contribution in [0, 0.1) is 17.2 Å². The highest BCUT2D eigenvalue weighted by Crippen LogP contribution is 2.25. The van der Waals surface area contributed by atoms with E-state index in [-0.39, 0.29) is 12.0 Å². The molecule has 0 saturated heterocycles. The lowest BCUT2D eigenvalue weighted by atomic mass is 10.1. The molecule has 8 heteroatoms. The Morgan fingerprint density at radius 2 is 1.88 bits per heavy atom. The molecule has 0 spiro atoms. The quantitative estimate of drug-likeness (QED) is 0.740. The fourth-order valence-corrected chi connectivity index (χ4v) is 4.76. The predicted octanol–water partition coefficient (Wildman–Crippen LogP) is -0.357. The van der Waals surface area contributed by atoms with E-state index in [9.17, 15) is 16.8 Å². The van der Waals surface area contributed by atoms with Crippen molar-refractivity contribution in [2.75, 3.05) is 17.8 Å². The molecule has 2 unspecified atom stereocenters. The molecule has 0 heterocycles. The monoisotopic (exact) mass is 280 g/mol. The fraction of sp³-hybridized carbons (Fsp3) is 0.889. The molecule has 0 amide bonds. The van der Waals surface area contributed by atoms with E-state index in [1.807, 2.05) is 0 Å². The van der Waals surface area contributed by atoms with Gasteiger partial charge in [-0.05, 0) is 12.8 Å². The molecule has 1 N–H and O–H groups in total. The van der Waals surface area contributed by atoms with Gasteiger partial charge in [0.25, 0.3) is 0 Å². The van der Waals surface area contributed by atoms with Gasteiger partial charge in [0.05, 0.1) is 23.5 Å². The van der Waals surface area contributed by atoms with Gasteiger partial charge in [-0.25, -0.2) is 21.6 Å². The van der Waals surface area contributed by atoms with E-state index in [1.54, 1.807) is 0 Å². The second-order valence-electron chi connectivity index (χ2n) is 4.34. The molecule has 0 aromatic rings. The van der Waals surface area contributed by atoms with Crippen LogP contribution in [0.1, 0.15) is 19.3 Å². The maximum atomic E-state index is 11.6. The van der Waals surface area contributed by atoms with Crippen molar-refractivity contribution in [2.45, 2.75) is 25.3 Å². The minimum absolute atomic E-state index is 0.303. The maximum absolute atomic E-state index is 11.6. The summed E-state index contributed by atoms with van der Waals surface area (Å²) < 4.78 is 47.4. The molecule has 2 atom stereocenters. The van der Waals surface area contributed by atoms with E-state index < -0.39 is 31.4 Å². The number of nitrogens with one attached hydrogen (secondary N) is 1. The first kappa shape index (κ1) is 14.4. The molecular formula is C9H16N2O4S2. The van der Waals surface area contributed by atoms with E-state index in [0.29, 0.717) is 12.8 Å². The number of hydrogen-bond donors (Lipinski definition) is 1. The Kier molecular flexibility index (Phi) is 4.52. The molecule has 0 radical (unpaired) electrons. The van der Waals surface area contributed by atoms with Crippen molar-refractivity contribution in [1.82, 2.24) is 4.72 Å². The summed E-state index contributed by atoms with van der Waals surface area (Å²) in [5, 5.41) is 8.81. The minimum Gasteiger partial charge on any atom is -0.229 e. The molecule has 1 aliphatic carbocycles. The first-order chi connectivity index (χ1) is 7.73. The van der Waals surface area contributed by atoms with Crippen molar-refractivity contribution in [3.63, 3.8) is 0 Å². The second-order valence-corrected chi connectivity index (χ2v) is 8.47. The minimum atomic E-state index is -3.62. The first-order valence-electron chi connectivity index (χ1n) is 5.31. The van der Waals surface area contributed by atoms with E-state index in [4.69, 9.17) is 5.26 Å². The van der Waals surface area contributed by atoms with Gasteiger partial charge in [0.15, 0.2) is 0 Å². The predicted molar refractivity (Wildman–Crippen MR) is 63.4 cm³/mol. The number of hydrogen-bond acceptors (Lipinski definition) is 5. The van der Waals surface area contributed by atoms with Crippen molar-refractivity contribution < 1.29 is 16.8 Å². The fourth-order valence-electron chi connectivity index (χ4n) is 1.81. The number of rotatable bonds is 5. The average molecular weight is 280 g/mol. The van der Waals surface area contributed by atoms with Crippen LogP contribution in [0.15, 0.2) is 0 Å². The third kappa shape index (κ3) is 5.02. The maximum Gasteiger partial charge on any atom is 0.212 e. The Balaban J connectivity index is 2.58. The Bertz CT molecular complexity index is 504. The van der Waals surface area contributed by atoms with Gasteiger partial charge in [-0.15, -0.1) is 0 Å². The molecule has 0 bridgehead atoms. The van der Waals surface area contributed by atoms with E-state index >= 15 is 0 Å². The summed E-state index contributed by atoms with van der Waals surface area (Å²) in [5.74, 6) is -1.14. The number of nitriles is 1. The third-order valence-electron chi connectivity index (χ3n) is 2.74. The SMILES string of the molecule is CS(=O)(=O)CCS(=O)(=O)NC1CCCC1C#N. The van der Waals surface area contributed by atoms with Gasteiger partial charge in [-0.3, -0.25) is 0 Å². The first-order valence-corrected chi connectivity index (χ1v) is 9.02. The highest BCUT2D eigenvalue weighted by molar-refractivity contribution is 7.93. The van der Waals surface area contributed by atoms with Crippen LogP contribution in [-0.4, -0.2) is 40.6 Å². The molecule has 98 valence electrons. The number of sulfonamides is 1. The van der Waals surface area contributed by atoms with Gasteiger partial charge in [-0.1, -0.05) is 6.42 Å². The molecule has 1 aliphatic rings. The van der Waals surface area contributed by atoms with Crippen molar-refractivity contribution >= 4 is 19.9 Å². The zero-order valence-corrected chi connectivity index (χ0v) is 11.2. The molecule has 0 aliphatic heterocycles. The molecule has 17 heavy (non-hydrogen) atoms. The molecule has 1 fully saturated rings. The van der Waals surface area contributed by atoms with Crippen LogP contribution in [-0.2, 0) is 19.9 Å². The molecule has 1 rings (SSSR count). The van der Waals surface area contributed by atoms with Gasteiger partial charge >= 0.3 is 0 Å². The lowest BCUT2D eigenvalue weighted by Gasteiger charge is -2.15. The summed E-state index contributed by atoms with van der Waals surface area (Å²) in [6, 6.07) is 1.69. The summed E-state index contributed by atoms with van der Waals surface area (Å²) in [5.41, 5.74) is 0. The lowest BCUT2D eigenvalue weighted by molar-refractivity contribution is 0.515. The number of sulfone groups is 1. The van der Waals surface area contributed by atoms with Gasteiger partial charge < -0.3 is 0 Å². The van der Waals surface area contributed by atoms with Crippen molar-refractivity contribution in [3.8, 4) is 6.07 Å².